The van der Waals surface area contributed by atoms with Crippen molar-refractivity contribution in [3.8, 4) is 0 Å². The lowest BCUT2D eigenvalue weighted by atomic mass is 9.93. The van der Waals surface area contributed by atoms with Gasteiger partial charge in [0.15, 0.2) is 0 Å². The first kappa shape index (κ1) is 59.0. The van der Waals surface area contributed by atoms with Crippen LogP contribution in [0.15, 0.2) is 0 Å². The molecular weight excluding hydrogens is 863 g/mol. The van der Waals surface area contributed by atoms with E-state index in [0.29, 0.717) is 32.1 Å². The lowest BCUT2D eigenvalue weighted by molar-refractivity contribution is -0.145. The Morgan fingerprint density at radius 2 is 0.766 bits per heavy atom. The van der Waals surface area contributed by atoms with Gasteiger partial charge in [0.1, 0.15) is 29.7 Å². The monoisotopic (exact) mass is 932 g/mol. The minimum atomic E-state index is -1.58. The van der Waals surface area contributed by atoms with E-state index in [1.165, 1.54) is 0 Å². The van der Waals surface area contributed by atoms with Gasteiger partial charge in [0.2, 0.25) is 17.7 Å². The van der Waals surface area contributed by atoms with Crippen molar-refractivity contribution < 1.29 is 83.4 Å². The van der Waals surface area contributed by atoms with Gasteiger partial charge in [-0.15, -0.1) is 0 Å². The molecule has 0 saturated heterocycles. The van der Waals surface area contributed by atoms with Crippen LogP contribution >= 0.6 is 9.39 Å². The number of rotatable bonds is 42. The Balaban J connectivity index is 4.68. The predicted molar refractivity (Wildman–Crippen MR) is 232 cm³/mol. The molecule has 0 aliphatic heterocycles. The highest BCUT2D eigenvalue weighted by molar-refractivity contribution is 7.13. The maximum atomic E-state index is 12.7. The highest BCUT2D eigenvalue weighted by Gasteiger charge is 2.28. The maximum Gasteiger partial charge on any atom is 0.326 e. The second kappa shape index (κ2) is 35.3. The molecule has 64 heavy (non-hydrogen) atoms. The summed E-state index contributed by atoms with van der Waals surface area (Å²) in [4.78, 5) is 131. The van der Waals surface area contributed by atoms with E-state index < -0.39 is 127 Å². The predicted octanol–water partition coefficient (Wildman–Crippen LogP) is 3.45. The molecule has 364 valence electrons. The van der Waals surface area contributed by atoms with Crippen LogP contribution in [0, 0.1) is 11.8 Å². The van der Waals surface area contributed by atoms with E-state index in [9.17, 15) is 73.2 Å². The SMILES string of the molecule is O=C(O)CCCCCCCCCCCCC(=O)N[C@@H](CCC(=O)C[C@@H](CCC(=O)N[C@@H](CCC(=O)C[C@@H](CCC(=O)NCCCC[C@H](NP)C(=O)O)C(=O)O)C(=O)O)C(=O)O)C(=O)O. The van der Waals surface area contributed by atoms with E-state index in [2.05, 4.69) is 30.4 Å². The third-order valence-corrected chi connectivity index (χ3v) is 11.0. The van der Waals surface area contributed by atoms with Crippen LogP contribution in [0.4, 0.5) is 0 Å². The highest BCUT2D eigenvalue weighted by Crippen LogP contribution is 2.18. The van der Waals surface area contributed by atoms with Crippen LogP contribution in [0.25, 0.3) is 0 Å². The molecule has 0 aliphatic carbocycles. The zero-order valence-corrected chi connectivity index (χ0v) is 37.7. The van der Waals surface area contributed by atoms with E-state index >= 15 is 0 Å². The van der Waals surface area contributed by atoms with Gasteiger partial charge >= 0.3 is 35.8 Å². The number of Topliss-reactive ketones (excluding diaryl/α,β-unsaturated/α-hetero) is 2. The fourth-order valence-corrected chi connectivity index (χ4v) is 7.00. The fraction of sp³-hybridized carbons (Fsp3) is 0.738. The number of amides is 3. The van der Waals surface area contributed by atoms with Crippen LogP contribution in [0.1, 0.15) is 161 Å². The second-order valence-corrected chi connectivity index (χ2v) is 16.3. The Bertz CT molecular complexity index is 1540. The number of unbranched alkanes of at least 4 members (excludes halogenated alkanes) is 10. The first-order chi connectivity index (χ1) is 30.3. The first-order valence-corrected chi connectivity index (χ1v) is 22.6. The van der Waals surface area contributed by atoms with Crippen molar-refractivity contribution in [1.29, 1.82) is 0 Å². The Morgan fingerprint density at radius 1 is 0.375 bits per heavy atom. The number of hydrogen-bond donors (Lipinski definition) is 10. The molecule has 6 atom stereocenters. The summed E-state index contributed by atoms with van der Waals surface area (Å²) in [5, 5.41) is 65.9. The van der Waals surface area contributed by atoms with E-state index in [0.717, 1.165) is 51.4 Å². The average molecular weight is 933 g/mol. The number of carboxylic acids is 6. The summed E-state index contributed by atoms with van der Waals surface area (Å²) >= 11 is 0. The number of ketones is 2. The fourth-order valence-electron chi connectivity index (χ4n) is 6.69. The summed E-state index contributed by atoms with van der Waals surface area (Å²) in [7, 11) is 2.13. The van der Waals surface area contributed by atoms with Crippen LogP contribution < -0.4 is 21.0 Å². The minimum absolute atomic E-state index is 0.0939. The Morgan fingerprint density at radius 3 is 1.16 bits per heavy atom. The Hall–Kier alpha value is -5.04. The third-order valence-electron chi connectivity index (χ3n) is 10.6. The summed E-state index contributed by atoms with van der Waals surface area (Å²) < 4.78 is 0. The molecule has 0 aromatic carbocycles. The van der Waals surface area contributed by atoms with Crippen molar-refractivity contribution in [1.82, 2.24) is 21.0 Å². The van der Waals surface area contributed by atoms with Crippen LogP contribution in [-0.2, 0) is 52.7 Å². The minimum Gasteiger partial charge on any atom is -0.481 e. The average Bonchev–Trinajstić information content (AvgIpc) is 3.21. The molecular formula is C42H69N4O17P. The number of carbonyl (C=O) groups excluding carboxylic acids is 5. The molecule has 0 bridgehead atoms. The van der Waals surface area contributed by atoms with Gasteiger partial charge in [-0.1, -0.05) is 60.8 Å². The molecule has 21 nitrogen and oxygen atoms in total. The standard InChI is InChI=1S/C42H69N4O17P/c47-29(25-27(38(54)55)16-22-34(49)43-24-12-11-13-33(46-64)42(62)63)19-21-32(41(60)61)45-36(51)23-17-28(39(56)57)26-30(48)18-20-31(40(58)59)44-35(50)14-9-7-5-3-1-2-4-6-8-10-15-37(52)53/h27-28,31-33,46H,1-26,64H2,(H,43,49)(H,44,50)(H,45,51)(H,52,53)(H,54,55)(H,56,57)(H,58,59)(H,60,61)(H,62,63)/t27-,28-,31+,32+,33+/m1/s1. The molecule has 22 heteroatoms. The molecule has 0 radical (unpaired) electrons. The number of aliphatic carboxylic acids is 6. The molecule has 0 fully saturated rings. The van der Waals surface area contributed by atoms with E-state index in [1.54, 1.807) is 0 Å². The summed E-state index contributed by atoms with van der Waals surface area (Å²) in [6.07, 6.45) is 6.64. The van der Waals surface area contributed by atoms with E-state index in [1.807, 2.05) is 0 Å². The van der Waals surface area contributed by atoms with Gasteiger partial charge in [0, 0.05) is 57.9 Å². The van der Waals surface area contributed by atoms with Crippen molar-refractivity contribution in [2.45, 2.75) is 179 Å². The maximum absolute atomic E-state index is 12.7. The molecule has 3 amide bonds. The zero-order chi connectivity index (χ0) is 48.5. The van der Waals surface area contributed by atoms with E-state index in [-0.39, 0.29) is 51.5 Å². The Kier molecular flexibility index (Phi) is 32.5. The molecule has 0 aliphatic rings. The largest absolute Gasteiger partial charge is 0.481 e. The normalized spacial score (nSPS) is 13.3. The quantitative estimate of drug-likeness (QED) is 0.0309. The smallest absolute Gasteiger partial charge is 0.326 e. The molecule has 0 aromatic rings. The molecule has 0 spiro atoms. The highest BCUT2D eigenvalue weighted by atomic mass is 31.0. The number of carbonyl (C=O) groups is 11. The molecule has 0 heterocycles. The van der Waals surface area contributed by atoms with Crippen LogP contribution in [0.3, 0.4) is 0 Å². The summed E-state index contributed by atoms with van der Waals surface area (Å²) in [6.45, 7) is 0.236. The second-order valence-electron chi connectivity index (χ2n) is 16.0. The topological polar surface area (TPSA) is 357 Å². The molecule has 0 aromatic heterocycles. The van der Waals surface area contributed by atoms with Crippen molar-refractivity contribution >= 4 is 74.5 Å². The van der Waals surface area contributed by atoms with Gasteiger partial charge in [0.05, 0.1) is 11.8 Å². The van der Waals surface area contributed by atoms with Gasteiger partial charge < -0.3 is 46.6 Å². The third kappa shape index (κ3) is 30.9. The van der Waals surface area contributed by atoms with Crippen LogP contribution in [-0.4, -0.2) is 120 Å². The summed E-state index contributed by atoms with van der Waals surface area (Å²) in [5.74, 6) is -13.1. The molecule has 0 saturated carbocycles. The van der Waals surface area contributed by atoms with E-state index in [4.69, 9.17) is 10.2 Å². The van der Waals surface area contributed by atoms with Gasteiger partial charge in [-0.05, 0) is 57.8 Å². The van der Waals surface area contributed by atoms with Crippen molar-refractivity contribution in [2.75, 3.05) is 6.54 Å². The molecule has 10 N–H and O–H groups in total. The van der Waals surface area contributed by atoms with Crippen molar-refractivity contribution in [2.24, 2.45) is 11.8 Å². The van der Waals surface area contributed by atoms with Gasteiger partial charge in [0.25, 0.3) is 0 Å². The molecule has 0 rings (SSSR count). The zero-order valence-electron chi connectivity index (χ0n) is 36.5. The first-order valence-electron chi connectivity index (χ1n) is 22.0. The van der Waals surface area contributed by atoms with Crippen molar-refractivity contribution in [3.63, 3.8) is 0 Å². The van der Waals surface area contributed by atoms with Gasteiger partial charge in [-0.2, -0.15) is 0 Å². The van der Waals surface area contributed by atoms with Crippen LogP contribution in [0.2, 0.25) is 0 Å². The van der Waals surface area contributed by atoms with Gasteiger partial charge in [-0.3, -0.25) is 48.2 Å². The molecule has 1 unspecified atom stereocenters. The summed E-state index contributed by atoms with van der Waals surface area (Å²) in [6, 6.07) is -3.71. The Labute approximate surface area is 375 Å². The van der Waals surface area contributed by atoms with Crippen molar-refractivity contribution in [3.05, 3.63) is 0 Å². The van der Waals surface area contributed by atoms with Crippen LogP contribution in [0.5, 0.6) is 0 Å². The van der Waals surface area contributed by atoms with Gasteiger partial charge in [-0.25, -0.2) is 9.59 Å². The lowest BCUT2D eigenvalue weighted by Crippen LogP contribution is -2.41. The number of carboxylic acid groups (broad SMARTS) is 6. The number of hydrogen-bond acceptors (Lipinski definition) is 12. The lowest BCUT2D eigenvalue weighted by Gasteiger charge is -2.17. The summed E-state index contributed by atoms with van der Waals surface area (Å²) in [5.41, 5.74) is 0. The number of nitrogens with one attached hydrogen (secondary N) is 4.